The predicted molar refractivity (Wildman–Crippen MR) is 108 cm³/mol. The number of benzene rings is 2. The number of hydrogen-bond donors (Lipinski definition) is 1. The van der Waals surface area contributed by atoms with Gasteiger partial charge >= 0.3 is 0 Å². The van der Waals surface area contributed by atoms with E-state index in [2.05, 4.69) is 9.71 Å². The summed E-state index contributed by atoms with van der Waals surface area (Å²) in [5, 5.41) is 0. The van der Waals surface area contributed by atoms with Gasteiger partial charge < -0.3 is 4.74 Å². The van der Waals surface area contributed by atoms with Gasteiger partial charge in [-0.05, 0) is 79.4 Å². The van der Waals surface area contributed by atoms with E-state index in [1.165, 1.54) is 0 Å². The third-order valence-electron chi connectivity index (χ3n) is 4.34. The second-order valence-electron chi connectivity index (χ2n) is 6.43. The maximum Gasteiger partial charge on any atom is 0.263 e. The van der Waals surface area contributed by atoms with Gasteiger partial charge in [0.1, 0.15) is 11.6 Å². The topological polar surface area (TPSA) is 68.3 Å². The minimum absolute atomic E-state index is 0.206. The number of anilines is 1. The number of sulfonamides is 1. The Balaban J connectivity index is 1.93. The number of nitrogens with one attached hydrogen (secondary N) is 1. The predicted octanol–water partition coefficient (Wildman–Crippen LogP) is 4.48. The third kappa shape index (κ3) is 4.11. The van der Waals surface area contributed by atoms with Crippen molar-refractivity contribution in [3.63, 3.8) is 0 Å². The standard InChI is InChI=1S/C21H22N2O3S/c1-14-13-18(27(24,25)23-21-7-5-6-16(3)22-21)9-10-19(14)17-8-11-20(26-4)15(2)12-17/h5-13H,1-4H3,(H,22,23). The van der Waals surface area contributed by atoms with Crippen LogP contribution in [0.4, 0.5) is 5.82 Å². The summed E-state index contributed by atoms with van der Waals surface area (Å²) in [6.07, 6.45) is 0. The van der Waals surface area contributed by atoms with Crippen molar-refractivity contribution in [2.45, 2.75) is 25.7 Å². The van der Waals surface area contributed by atoms with E-state index in [0.717, 1.165) is 33.7 Å². The Hall–Kier alpha value is -2.86. The average molecular weight is 382 g/mol. The second-order valence-corrected chi connectivity index (χ2v) is 8.11. The van der Waals surface area contributed by atoms with E-state index in [1.807, 2.05) is 51.1 Å². The van der Waals surface area contributed by atoms with Gasteiger partial charge in [0.2, 0.25) is 0 Å². The van der Waals surface area contributed by atoms with Gasteiger partial charge in [-0.25, -0.2) is 13.4 Å². The third-order valence-corrected chi connectivity index (χ3v) is 5.69. The highest BCUT2D eigenvalue weighted by Crippen LogP contribution is 2.30. The van der Waals surface area contributed by atoms with E-state index in [0.29, 0.717) is 5.82 Å². The van der Waals surface area contributed by atoms with Crippen molar-refractivity contribution < 1.29 is 13.2 Å². The average Bonchev–Trinajstić information content (AvgIpc) is 2.61. The summed E-state index contributed by atoms with van der Waals surface area (Å²) in [7, 11) is -2.06. The summed E-state index contributed by atoms with van der Waals surface area (Å²) >= 11 is 0. The highest BCUT2D eigenvalue weighted by molar-refractivity contribution is 7.92. The van der Waals surface area contributed by atoms with Crippen LogP contribution in [0.3, 0.4) is 0 Å². The van der Waals surface area contributed by atoms with Crippen LogP contribution in [0.5, 0.6) is 5.75 Å². The zero-order valence-corrected chi connectivity index (χ0v) is 16.6. The molecule has 0 amide bonds. The Morgan fingerprint density at radius 1 is 0.926 bits per heavy atom. The number of nitrogens with zero attached hydrogens (tertiary/aromatic N) is 1. The summed E-state index contributed by atoms with van der Waals surface area (Å²) < 4.78 is 33.2. The molecule has 5 nitrogen and oxygen atoms in total. The lowest BCUT2D eigenvalue weighted by molar-refractivity contribution is 0.412. The number of hydrogen-bond acceptors (Lipinski definition) is 4. The largest absolute Gasteiger partial charge is 0.496 e. The molecule has 0 aliphatic heterocycles. The molecule has 3 rings (SSSR count). The minimum atomic E-state index is -3.70. The number of aromatic nitrogens is 1. The molecular formula is C21H22N2O3S. The molecule has 0 fully saturated rings. The molecule has 2 aromatic carbocycles. The molecule has 6 heteroatoms. The maximum atomic E-state index is 12.7. The second kappa shape index (κ2) is 7.40. The summed E-state index contributed by atoms with van der Waals surface area (Å²) in [5.41, 5.74) is 4.64. The first-order chi connectivity index (χ1) is 12.8. The van der Waals surface area contributed by atoms with E-state index in [4.69, 9.17) is 4.74 Å². The SMILES string of the molecule is COc1ccc(-c2ccc(S(=O)(=O)Nc3cccc(C)n3)cc2C)cc1C. The highest BCUT2D eigenvalue weighted by atomic mass is 32.2. The molecule has 0 aliphatic carbocycles. The first-order valence-corrected chi connectivity index (χ1v) is 10.0. The van der Waals surface area contributed by atoms with E-state index in [1.54, 1.807) is 31.4 Å². The van der Waals surface area contributed by atoms with Crippen LogP contribution >= 0.6 is 0 Å². The molecule has 0 aliphatic rings. The van der Waals surface area contributed by atoms with Gasteiger partial charge in [-0.2, -0.15) is 0 Å². The molecule has 140 valence electrons. The first kappa shape index (κ1) is 18.9. The van der Waals surface area contributed by atoms with Gasteiger partial charge in [-0.15, -0.1) is 0 Å². The maximum absolute atomic E-state index is 12.7. The molecule has 0 atom stereocenters. The van der Waals surface area contributed by atoms with Crippen molar-refractivity contribution in [3.8, 4) is 16.9 Å². The van der Waals surface area contributed by atoms with Gasteiger partial charge in [-0.1, -0.05) is 18.2 Å². The van der Waals surface area contributed by atoms with Crippen LogP contribution in [0.1, 0.15) is 16.8 Å². The van der Waals surface area contributed by atoms with Crippen molar-refractivity contribution in [2.24, 2.45) is 0 Å². The van der Waals surface area contributed by atoms with E-state index in [9.17, 15) is 8.42 Å². The summed E-state index contributed by atoms with van der Waals surface area (Å²) in [6, 6.07) is 16.2. The van der Waals surface area contributed by atoms with E-state index in [-0.39, 0.29) is 4.90 Å². The first-order valence-electron chi connectivity index (χ1n) is 8.52. The van der Waals surface area contributed by atoms with Gasteiger partial charge in [0, 0.05) is 5.69 Å². The molecule has 0 saturated heterocycles. The fraction of sp³-hybridized carbons (Fsp3) is 0.190. The molecule has 0 unspecified atom stereocenters. The molecule has 0 bridgehead atoms. The van der Waals surface area contributed by atoms with Crippen LogP contribution in [0.25, 0.3) is 11.1 Å². The number of rotatable bonds is 5. The Bertz CT molecular complexity index is 1090. The molecular weight excluding hydrogens is 360 g/mol. The van der Waals surface area contributed by atoms with Gasteiger partial charge in [0.05, 0.1) is 12.0 Å². The van der Waals surface area contributed by atoms with Crippen LogP contribution in [-0.2, 0) is 10.0 Å². The van der Waals surface area contributed by atoms with Crippen molar-refractivity contribution in [3.05, 3.63) is 71.4 Å². The van der Waals surface area contributed by atoms with Crippen molar-refractivity contribution in [2.75, 3.05) is 11.8 Å². The quantitative estimate of drug-likeness (QED) is 0.706. The van der Waals surface area contributed by atoms with Crippen LogP contribution < -0.4 is 9.46 Å². The monoisotopic (exact) mass is 382 g/mol. The Morgan fingerprint density at radius 3 is 2.33 bits per heavy atom. The summed E-state index contributed by atoms with van der Waals surface area (Å²) in [6.45, 7) is 5.70. The molecule has 1 heterocycles. The van der Waals surface area contributed by atoms with Crippen molar-refractivity contribution in [1.82, 2.24) is 4.98 Å². The van der Waals surface area contributed by atoms with Gasteiger partial charge in [0.15, 0.2) is 0 Å². The molecule has 3 aromatic rings. The lowest BCUT2D eigenvalue weighted by Crippen LogP contribution is -2.14. The van der Waals surface area contributed by atoms with Crippen LogP contribution in [0.15, 0.2) is 59.5 Å². The number of methoxy groups -OCH3 is 1. The Labute approximate surface area is 160 Å². The number of ether oxygens (including phenoxy) is 1. The van der Waals surface area contributed by atoms with E-state index >= 15 is 0 Å². The minimum Gasteiger partial charge on any atom is -0.496 e. The number of aryl methyl sites for hydroxylation is 3. The normalized spacial score (nSPS) is 11.3. The molecule has 27 heavy (non-hydrogen) atoms. The molecule has 1 N–H and O–H groups in total. The number of pyridine rings is 1. The van der Waals surface area contributed by atoms with Crippen molar-refractivity contribution in [1.29, 1.82) is 0 Å². The van der Waals surface area contributed by atoms with Crippen LogP contribution in [0.2, 0.25) is 0 Å². The lowest BCUT2D eigenvalue weighted by atomic mass is 9.99. The fourth-order valence-electron chi connectivity index (χ4n) is 2.97. The lowest BCUT2D eigenvalue weighted by Gasteiger charge is -2.12. The fourth-order valence-corrected chi connectivity index (χ4v) is 4.06. The highest BCUT2D eigenvalue weighted by Gasteiger charge is 2.16. The zero-order valence-electron chi connectivity index (χ0n) is 15.8. The molecule has 0 radical (unpaired) electrons. The Morgan fingerprint density at radius 2 is 1.70 bits per heavy atom. The van der Waals surface area contributed by atoms with Crippen LogP contribution in [-0.4, -0.2) is 20.5 Å². The summed E-state index contributed by atoms with van der Waals surface area (Å²) in [5.74, 6) is 1.13. The Kier molecular flexibility index (Phi) is 5.19. The van der Waals surface area contributed by atoms with Crippen molar-refractivity contribution >= 4 is 15.8 Å². The van der Waals surface area contributed by atoms with E-state index < -0.39 is 10.0 Å². The summed E-state index contributed by atoms with van der Waals surface area (Å²) in [4.78, 5) is 4.40. The van der Waals surface area contributed by atoms with Gasteiger partial charge in [-0.3, -0.25) is 4.72 Å². The molecule has 0 saturated carbocycles. The zero-order chi connectivity index (χ0) is 19.6. The molecule has 0 spiro atoms. The smallest absolute Gasteiger partial charge is 0.263 e. The molecule has 1 aromatic heterocycles. The van der Waals surface area contributed by atoms with Gasteiger partial charge in [0.25, 0.3) is 10.0 Å². The van der Waals surface area contributed by atoms with Crippen LogP contribution in [0, 0.1) is 20.8 Å².